The average Bonchev–Trinajstić information content (AvgIpc) is 2.54. The molecule has 0 atom stereocenters. The number of hydrogen-bond acceptors (Lipinski definition) is 4. The van der Waals surface area contributed by atoms with E-state index in [0.717, 1.165) is 64.4 Å². The number of carbonyl (C=O) groups is 1. The van der Waals surface area contributed by atoms with Crippen molar-refractivity contribution in [3.8, 4) is 0 Å². The molecule has 6 heteroatoms. The lowest BCUT2D eigenvalue weighted by atomic mass is 9.93. The van der Waals surface area contributed by atoms with E-state index in [2.05, 4.69) is 5.32 Å². The van der Waals surface area contributed by atoms with Crippen LogP contribution in [-0.2, 0) is 14.3 Å². The Morgan fingerprint density at radius 1 is 1.23 bits per heavy atom. The minimum atomic E-state index is 0. The van der Waals surface area contributed by atoms with E-state index >= 15 is 0 Å². The molecule has 2 aliphatic heterocycles. The van der Waals surface area contributed by atoms with Crippen molar-refractivity contribution in [2.75, 3.05) is 46.5 Å². The monoisotopic (exact) mass is 334 g/mol. The van der Waals surface area contributed by atoms with Crippen LogP contribution in [0, 0.1) is 5.92 Å². The Kier molecular flexibility index (Phi) is 10.0. The van der Waals surface area contributed by atoms with Crippen LogP contribution in [0.5, 0.6) is 0 Å². The summed E-state index contributed by atoms with van der Waals surface area (Å²) in [5, 5.41) is 3.20. The fourth-order valence-electron chi connectivity index (χ4n) is 3.13. The average molecular weight is 335 g/mol. The van der Waals surface area contributed by atoms with Gasteiger partial charge in [-0.25, -0.2) is 0 Å². The van der Waals surface area contributed by atoms with Gasteiger partial charge in [-0.1, -0.05) is 0 Å². The van der Waals surface area contributed by atoms with E-state index in [0.29, 0.717) is 19.1 Å². The Morgan fingerprint density at radius 2 is 1.91 bits per heavy atom. The van der Waals surface area contributed by atoms with Crippen LogP contribution in [-0.4, -0.2) is 63.4 Å². The highest BCUT2D eigenvalue weighted by molar-refractivity contribution is 5.85. The predicted molar refractivity (Wildman–Crippen MR) is 89.5 cm³/mol. The molecule has 0 bridgehead atoms. The first-order valence-electron chi connectivity index (χ1n) is 8.41. The molecule has 0 unspecified atom stereocenters. The molecular formula is C16H31ClN2O3. The normalized spacial score (nSPS) is 20.7. The Labute approximate surface area is 140 Å². The molecule has 2 fully saturated rings. The number of amides is 1. The van der Waals surface area contributed by atoms with Crippen LogP contribution in [0.2, 0.25) is 0 Å². The maximum atomic E-state index is 12.2. The molecule has 0 aromatic rings. The van der Waals surface area contributed by atoms with Crippen molar-refractivity contribution in [1.29, 1.82) is 0 Å². The first-order chi connectivity index (χ1) is 10.3. The zero-order valence-electron chi connectivity index (χ0n) is 13.7. The van der Waals surface area contributed by atoms with Crippen molar-refractivity contribution in [2.24, 2.45) is 5.92 Å². The number of piperidine rings is 1. The summed E-state index contributed by atoms with van der Waals surface area (Å²) in [6.07, 6.45) is 6.27. The molecule has 1 amide bonds. The summed E-state index contributed by atoms with van der Waals surface area (Å²) in [6, 6.07) is 0. The lowest BCUT2D eigenvalue weighted by molar-refractivity contribution is -0.134. The number of nitrogens with one attached hydrogen (secondary N) is 1. The number of rotatable bonds is 7. The second-order valence-electron chi connectivity index (χ2n) is 6.15. The summed E-state index contributed by atoms with van der Waals surface area (Å²) in [7, 11) is 2.00. The van der Waals surface area contributed by atoms with Gasteiger partial charge in [-0.2, -0.15) is 0 Å². The largest absolute Gasteiger partial charge is 0.381 e. The molecule has 2 aliphatic rings. The first-order valence-corrected chi connectivity index (χ1v) is 8.41. The van der Waals surface area contributed by atoms with Crippen molar-refractivity contribution < 1.29 is 14.3 Å². The van der Waals surface area contributed by atoms with E-state index in [-0.39, 0.29) is 18.3 Å². The quantitative estimate of drug-likeness (QED) is 0.772. The van der Waals surface area contributed by atoms with Crippen LogP contribution in [0.25, 0.3) is 0 Å². The Morgan fingerprint density at radius 3 is 2.55 bits per heavy atom. The second-order valence-corrected chi connectivity index (χ2v) is 6.15. The zero-order chi connectivity index (χ0) is 14.9. The number of hydrogen-bond donors (Lipinski definition) is 1. The van der Waals surface area contributed by atoms with Crippen LogP contribution in [0.1, 0.15) is 38.5 Å². The Bertz CT molecular complexity index is 304. The van der Waals surface area contributed by atoms with E-state index in [1.54, 1.807) is 0 Å². The van der Waals surface area contributed by atoms with Gasteiger partial charge in [0.1, 0.15) is 0 Å². The second kappa shape index (κ2) is 11.2. The van der Waals surface area contributed by atoms with E-state index in [1.807, 2.05) is 11.9 Å². The van der Waals surface area contributed by atoms with Crippen molar-refractivity contribution >= 4 is 18.3 Å². The highest BCUT2D eigenvalue weighted by atomic mass is 35.5. The van der Waals surface area contributed by atoms with E-state index in [9.17, 15) is 4.79 Å². The van der Waals surface area contributed by atoms with Crippen LogP contribution in [0.4, 0.5) is 0 Å². The van der Waals surface area contributed by atoms with Gasteiger partial charge in [-0.3, -0.25) is 4.79 Å². The van der Waals surface area contributed by atoms with Gasteiger partial charge in [0.05, 0.1) is 19.1 Å². The molecule has 22 heavy (non-hydrogen) atoms. The number of ether oxygens (including phenoxy) is 2. The molecule has 0 radical (unpaired) electrons. The molecule has 0 spiro atoms. The van der Waals surface area contributed by atoms with Gasteiger partial charge >= 0.3 is 0 Å². The van der Waals surface area contributed by atoms with Crippen LogP contribution in [0.3, 0.4) is 0 Å². The molecular weight excluding hydrogens is 304 g/mol. The Hall–Kier alpha value is -0.360. The minimum Gasteiger partial charge on any atom is -0.381 e. The van der Waals surface area contributed by atoms with Gasteiger partial charge in [0.2, 0.25) is 5.91 Å². The zero-order valence-corrected chi connectivity index (χ0v) is 14.5. The molecule has 5 nitrogen and oxygen atoms in total. The molecule has 0 saturated carbocycles. The summed E-state index contributed by atoms with van der Waals surface area (Å²) in [5.74, 6) is 1.04. The summed E-state index contributed by atoms with van der Waals surface area (Å²) in [6.45, 7) is 5.06. The maximum absolute atomic E-state index is 12.2. The number of carbonyl (C=O) groups excluding carboxylic acids is 1. The minimum absolute atomic E-state index is 0. The third-order valence-corrected chi connectivity index (χ3v) is 4.61. The van der Waals surface area contributed by atoms with Crippen molar-refractivity contribution in [2.45, 2.75) is 44.6 Å². The molecule has 1 N–H and O–H groups in total. The number of halogens is 1. The number of nitrogens with zero attached hydrogens (tertiary/aromatic N) is 1. The fraction of sp³-hybridized carbons (Fsp3) is 0.938. The first kappa shape index (κ1) is 19.7. The predicted octanol–water partition coefficient (Wildman–Crippen LogP) is 1.84. The highest BCUT2D eigenvalue weighted by Gasteiger charge is 2.22. The fourth-order valence-corrected chi connectivity index (χ4v) is 3.13. The number of likely N-dealkylation sites (tertiary alicyclic amines) is 1. The Balaban J connectivity index is 0.00000242. The summed E-state index contributed by atoms with van der Waals surface area (Å²) < 4.78 is 11.1. The van der Waals surface area contributed by atoms with Crippen LogP contribution >= 0.6 is 12.4 Å². The van der Waals surface area contributed by atoms with E-state index in [4.69, 9.17) is 9.47 Å². The van der Waals surface area contributed by atoms with E-state index in [1.165, 1.54) is 6.42 Å². The summed E-state index contributed by atoms with van der Waals surface area (Å²) in [4.78, 5) is 14.2. The van der Waals surface area contributed by atoms with Crippen molar-refractivity contribution in [3.63, 3.8) is 0 Å². The van der Waals surface area contributed by atoms with Crippen LogP contribution < -0.4 is 5.32 Å². The molecule has 2 saturated heterocycles. The molecule has 2 rings (SSSR count). The van der Waals surface area contributed by atoms with E-state index < -0.39 is 0 Å². The highest BCUT2D eigenvalue weighted by Crippen LogP contribution is 2.20. The van der Waals surface area contributed by atoms with Crippen molar-refractivity contribution in [1.82, 2.24) is 10.2 Å². The molecule has 130 valence electrons. The molecule has 0 aliphatic carbocycles. The van der Waals surface area contributed by atoms with Gasteiger partial charge in [-0.15, -0.1) is 12.4 Å². The third kappa shape index (κ3) is 6.82. The van der Waals surface area contributed by atoms with Gasteiger partial charge in [0.15, 0.2) is 0 Å². The summed E-state index contributed by atoms with van der Waals surface area (Å²) in [5.41, 5.74) is 0. The third-order valence-electron chi connectivity index (χ3n) is 4.61. The topological polar surface area (TPSA) is 50.8 Å². The summed E-state index contributed by atoms with van der Waals surface area (Å²) >= 11 is 0. The standard InChI is InChI=1S/C16H30N2O3.ClH/c1-17-8-2-14-3-9-18(10-4-14)16(19)7-13-21-15-5-11-20-12-6-15;/h14-15,17H,2-13H2,1H3;1H. The van der Waals surface area contributed by atoms with Crippen molar-refractivity contribution in [3.05, 3.63) is 0 Å². The maximum Gasteiger partial charge on any atom is 0.224 e. The van der Waals surface area contributed by atoms with Gasteiger partial charge in [0.25, 0.3) is 0 Å². The van der Waals surface area contributed by atoms with Gasteiger partial charge in [0, 0.05) is 26.3 Å². The lowest BCUT2D eigenvalue weighted by Crippen LogP contribution is -2.39. The molecule has 0 aromatic heterocycles. The molecule has 0 aromatic carbocycles. The van der Waals surface area contributed by atoms with Gasteiger partial charge in [-0.05, 0) is 51.6 Å². The van der Waals surface area contributed by atoms with Crippen LogP contribution in [0.15, 0.2) is 0 Å². The van der Waals surface area contributed by atoms with Gasteiger partial charge < -0.3 is 19.7 Å². The lowest BCUT2D eigenvalue weighted by Gasteiger charge is -2.32. The smallest absolute Gasteiger partial charge is 0.224 e. The SMILES string of the molecule is CNCCC1CCN(C(=O)CCOC2CCOCC2)CC1.Cl. The molecule has 2 heterocycles.